The fourth-order valence-corrected chi connectivity index (χ4v) is 4.24. The summed E-state index contributed by atoms with van der Waals surface area (Å²) in [5, 5.41) is 5.48. The van der Waals surface area contributed by atoms with Crippen molar-refractivity contribution in [3.63, 3.8) is 0 Å². The maximum atomic E-state index is 13.9. The normalized spacial score (nSPS) is 12.7. The minimum absolute atomic E-state index is 0.127. The van der Waals surface area contributed by atoms with Crippen LogP contribution in [0.5, 0.6) is 0 Å². The molecule has 0 bridgehead atoms. The van der Waals surface area contributed by atoms with Gasteiger partial charge in [0.2, 0.25) is 11.8 Å². The molecule has 0 fully saturated rings. The maximum absolute atomic E-state index is 13.9. The van der Waals surface area contributed by atoms with Gasteiger partial charge in [0.1, 0.15) is 17.7 Å². The van der Waals surface area contributed by atoms with Crippen LogP contribution in [0.1, 0.15) is 68.0 Å². The highest BCUT2D eigenvalue weighted by Gasteiger charge is 2.37. The first-order valence-electron chi connectivity index (χ1n) is 12.7. The van der Waals surface area contributed by atoms with E-state index in [0.29, 0.717) is 11.3 Å². The maximum Gasteiger partial charge on any atom is 0.408 e. The number of para-hydroxylation sites is 1. The highest BCUT2D eigenvalue weighted by Crippen LogP contribution is 2.30. The van der Waals surface area contributed by atoms with Gasteiger partial charge < -0.3 is 26.0 Å². The highest BCUT2D eigenvalue weighted by molar-refractivity contribution is 6.00. The second-order valence-electron chi connectivity index (χ2n) is 10.4. The number of nitrogens with one attached hydrogen (secondary N) is 2. The number of amides is 4. The number of ether oxygens (including phenoxy) is 1. The molecule has 0 aliphatic carbocycles. The number of rotatable bonds is 9. The fourth-order valence-electron chi connectivity index (χ4n) is 4.24. The summed E-state index contributed by atoms with van der Waals surface area (Å²) in [6.07, 6.45) is -1.32. The number of hydrogen-bond donors (Lipinski definition) is 3. The van der Waals surface area contributed by atoms with Crippen molar-refractivity contribution in [2.45, 2.75) is 79.5 Å². The van der Waals surface area contributed by atoms with Crippen LogP contribution in [0, 0.1) is 27.7 Å². The Morgan fingerprint density at radius 1 is 0.947 bits per heavy atom. The van der Waals surface area contributed by atoms with E-state index in [2.05, 4.69) is 10.6 Å². The molecule has 4 N–H and O–H groups in total. The Labute approximate surface area is 225 Å². The van der Waals surface area contributed by atoms with Gasteiger partial charge in [-0.25, -0.2) is 4.79 Å². The lowest BCUT2D eigenvalue weighted by Crippen LogP contribution is -2.53. The molecule has 2 unspecified atom stereocenters. The first kappa shape index (κ1) is 30.3. The minimum Gasteiger partial charge on any atom is -0.444 e. The van der Waals surface area contributed by atoms with Crippen LogP contribution in [0.15, 0.2) is 36.4 Å². The lowest BCUT2D eigenvalue weighted by molar-refractivity contribution is -0.141. The molecular formula is C29H40N4O5. The Morgan fingerprint density at radius 2 is 1.50 bits per heavy atom. The summed E-state index contributed by atoms with van der Waals surface area (Å²) in [7, 11) is 0. The van der Waals surface area contributed by atoms with Gasteiger partial charge >= 0.3 is 6.09 Å². The van der Waals surface area contributed by atoms with Gasteiger partial charge in [-0.15, -0.1) is 0 Å². The predicted molar refractivity (Wildman–Crippen MR) is 148 cm³/mol. The van der Waals surface area contributed by atoms with Crippen molar-refractivity contribution >= 4 is 29.5 Å². The molecule has 2 aromatic rings. The highest BCUT2D eigenvalue weighted by atomic mass is 16.6. The van der Waals surface area contributed by atoms with Crippen molar-refractivity contribution in [2.24, 2.45) is 5.73 Å². The largest absolute Gasteiger partial charge is 0.444 e. The van der Waals surface area contributed by atoms with Crippen LogP contribution in [-0.2, 0) is 19.1 Å². The van der Waals surface area contributed by atoms with Crippen LogP contribution in [0.4, 0.5) is 10.5 Å². The lowest BCUT2D eigenvalue weighted by Gasteiger charge is -2.34. The van der Waals surface area contributed by atoms with E-state index in [0.717, 1.165) is 22.3 Å². The number of hydrogen-bond acceptors (Lipinski definition) is 5. The molecule has 0 aromatic heterocycles. The van der Waals surface area contributed by atoms with Crippen molar-refractivity contribution < 1.29 is 23.9 Å². The number of primary amides is 1. The monoisotopic (exact) mass is 524 g/mol. The van der Waals surface area contributed by atoms with Gasteiger partial charge in [-0.1, -0.05) is 36.4 Å². The molecule has 2 atom stereocenters. The summed E-state index contributed by atoms with van der Waals surface area (Å²) in [4.78, 5) is 53.5. The second kappa shape index (κ2) is 12.6. The molecule has 0 radical (unpaired) electrons. The SMILES string of the molecule is CCN(C(=O)C(CC(N)=O)NC(=O)OC(C)(C)C)C(C(=O)Nc1c(C)cccc1C)c1cccc(C)c1C. The van der Waals surface area contributed by atoms with Crippen molar-refractivity contribution in [3.8, 4) is 0 Å². The van der Waals surface area contributed by atoms with Crippen LogP contribution in [0.25, 0.3) is 0 Å². The number of anilines is 1. The molecule has 0 aliphatic heterocycles. The Balaban J connectivity index is 2.56. The van der Waals surface area contributed by atoms with Gasteiger partial charge in [-0.05, 0) is 83.2 Å². The number of carbonyl (C=O) groups excluding carboxylic acids is 4. The van der Waals surface area contributed by atoms with E-state index < -0.39 is 47.9 Å². The zero-order valence-corrected chi connectivity index (χ0v) is 23.6. The van der Waals surface area contributed by atoms with Crippen LogP contribution < -0.4 is 16.4 Å². The van der Waals surface area contributed by atoms with Gasteiger partial charge in [-0.3, -0.25) is 14.4 Å². The van der Waals surface area contributed by atoms with E-state index in [9.17, 15) is 19.2 Å². The van der Waals surface area contributed by atoms with Crippen LogP contribution in [0.3, 0.4) is 0 Å². The minimum atomic E-state index is -1.32. The number of nitrogens with zero attached hydrogens (tertiary/aromatic N) is 1. The third kappa shape index (κ3) is 7.81. The molecule has 0 saturated heterocycles. The molecule has 0 saturated carbocycles. The first-order chi connectivity index (χ1) is 17.7. The number of benzene rings is 2. The quantitative estimate of drug-likeness (QED) is 0.452. The molecule has 0 aliphatic rings. The van der Waals surface area contributed by atoms with E-state index in [1.54, 1.807) is 33.8 Å². The number of aryl methyl sites for hydroxylation is 3. The Morgan fingerprint density at radius 3 is 2.03 bits per heavy atom. The first-order valence-corrected chi connectivity index (χ1v) is 12.7. The molecule has 2 rings (SSSR count). The standard InChI is InChI=1S/C29H40N4O5/c1-9-33(27(36)22(16-23(30)34)31-28(37)38-29(6,7)8)25(21-15-11-12-17(2)20(21)5)26(35)32-24-18(3)13-10-14-19(24)4/h10-15,22,25H,9,16H2,1-8H3,(H2,30,34)(H,31,37)(H,32,35). The van der Waals surface area contributed by atoms with Gasteiger partial charge in [0.25, 0.3) is 5.91 Å². The van der Waals surface area contributed by atoms with Crippen molar-refractivity contribution in [1.82, 2.24) is 10.2 Å². The molecule has 4 amide bonds. The zero-order chi connectivity index (χ0) is 28.8. The molecule has 9 heteroatoms. The van der Waals surface area contributed by atoms with E-state index in [1.165, 1.54) is 4.90 Å². The third-order valence-corrected chi connectivity index (χ3v) is 6.25. The summed E-state index contributed by atoms with van der Waals surface area (Å²) in [6.45, 7) is 14.5. The zero-order valence-electron chi connectivity index (χ0n) is 23.6. The third-order valence-electron chi connectivity index (χ3n) is 6.25. The van der Waals surface area contributed by atoms with Gasteiger partial charge in [-0.2, -0.15) is 0 Å². The molecule has 0 heterocycles. The van der Waals surface area contributed by atoms with Gasteiger partial charge in [0.15, 0.2) is 0 Å². The van der Waals surface area contributed by atoms with Crippen molar-refractivity contribution in [1.29, 1.82) is 0 Å². The lowest BCUT2D eigenvalue weighted by atomic mass is 9.94. The van der Waals surface area contributed by atoms with Gasteiger partial charge in [0.05, 0.1) is 6.42 Å². The molecule has 38 heavy (non-hydrogen) atoms. The van der Waals surface area contributed by atoms with E-state index in [-0.39, 0.29) is 6.54 Å². The average molecular weight is 525 g/mol. The molecule has 206 valence electrons. The van der Waals surface area contributed by atoms with Gasteiger partial charge in [0, 0.05) is 12.2 Å². The van der Waals surface area contributed by atoms with Crippen LogP contribution in [-0.4, -0.2) is 46.9 Å². The number of carbonyl (C=O) groups is 4. The summed E-state index contributed by atoms with van der Waals surface area (Å²) in [5.74, 6) is -1.82. The van der Waals surface area contributed by atoms with E-state index in [1.807, 2.05) is 58.0 Å². The van der Waals surface area contributed by atoms with E-state index in [4.69, 9.17) is 10.5 Å². The summed E-state index contributed by atoms with van der Waals surface area (Å²) >= 11 is 0. The van der Waals surface area contributed by atoms with E-state index >= 15 is 0 Å². The van der Waals surface area contributed by atoms with Crippen LogP contribution >= 0.6 is 0 Å². The number of alkyl carbamates (subject to hydrolysis) is 1. The topological polar surface area (TPSA) is 131 Å². The number of nitrogens with two attached hydrogens (primary N) is 1. The summed E-state index contributed by atoms with van der Waals surface area (Å²) < 4.78 is 5.29. The Hall–Kier alpha value is -3.88. The second-order valence-corrected chi connectivity index (χ2v) is 10.4. The predicted octanol–water partition coefficient (Wildman–Crippen LogP) is 4.22. The number of likely N-dealkylation sites (N-methyl/N-ethyl adjacent to an activating group) is 1. The average Bonchev–Trinajstić information content (AvgIpc) is 2.79. The summed E-state index contributed by atoms with van der Waals surface area (Å²) in [5.41, 5.74) is 9.47. The van der Waals surface area contributed by atoms with Crippen molar-refractivity contribution in [3.05, 3.63) is 64.2 Å². The molecule has 2 aromatic carbocycles. The fraction of sp³-hybridized carbons (Fsp3) is 0.448. The summed E-state index contributed by atoms with van der Waals surface area (Å²) in [6, 6.07) is 8.90. The smallest absolute Gasteiger partial charge is 0.408 e. The molecule has 0 spiro atoms. The molecule has 9 nitrogen and oxygen atoms in total. The molecular weight excluding hydrogens is 484 g/mol. The van der Waals surface area contributed by atoms with Crippen molar-refractivity contribution in [2.75, 3.05) is 11.9 Å². The van der Waals surface area contributed by atoms with Crippen LogP contribution in [0.2, 0.25) is 0 Å². The Bertz CT molecular complexity index is 1180. The Kier molecular flexibility index (Phi) is 10.0.